The minimum Gasteiger partial charge on any atom is -0.324 e. The van der Waals surface area contributed by atoms with Gasteiger partial charge < -0.3 is 10.2 Å². The maximum atomic E-state index is 12.6. The molecule has 0 aromatic heterocycles. The third-order valence-corrected chi connectivity index (χ3v) is 5.06. The Bertz CT molecular complexity index is 848. The molecule has 0 bridgehead atoms. The van der Waals surface area contributed by atoms with Gasteiger partial charge in [-0.25, -0.2) is 0 Å². The Morgan fingerprint density at radius 1 is 1.20 bits per heavy atom. The first-order valence-corrected chi connectivity index (χ1v) is 8.68. The second-order valence-electron chi connectivity index (χ2n) is 6.60. The van der Waals surface area contributed by atoms with Crippen molar-refractivity contribution in [3.63, 3.8) is 0 Å². The molecule has 1 saturated heterocycles. The van der Waals surface area contributed by atoms with Crippen molar-refractivity contribution >= 4 is 34.8 Å². The molecule has 1 heterocycles. The Labute approximate surface area is 152 Å². The highest BCUT2D eigenvalue weighted by Crippen LogP contribution is 2.30. The van der Waals surface area contributed by atoms with E-state index in [1.165, 1.54) is 0 Å². The van der Waals surface area contributed by atoms with Crippen molar-refractivity contribution in [3.8, 4) is 0 Å². The van der Waals surface area contributed by atoms with Crippen molar-refractivity contribution in [2.75, 3.05) is 16.8 Å². The zero-order valence-corrected chi connectivity index (χ0v) is 15.4. The highest BCUT2D eigenvalue weighted by atomic mass is 35.5. The van der Waals surface area contributed by atoms with Gasteiger partial charge in [0, 0.05) is 18.7 Å². The lowest BCUT2D eigenvalue weighted by molar-refractivity contribution is -0.122. The van der Waals surface area contributed by atoms with E-state index in [1.54, 1.807) is 17.0 Å². The first-order chi connectivity index (χ1) is 11.9. The molecular weight excluding hydrogens is 336 g/mol. The number of halogens is 1. The van der Waals surface area contributed by atoms with Crippen LogP contribution >= 0.6 is 11.6 Å². The number of nitrogens with one attached hydrogen (secondary N) is 1. The molecule has 5 heteroatoms. The van der Waals surface area contributed by atoms with Crippen LogP contribution in [0.3, 0.4) is 0 Å². The molecule has 130 valence electrons. The normalized spacial score (nSPS) is 17.0. The van der Waals surface area contributed by atoms with Gasteiger partial charge in [0.25, 0.3) is 0 Å². The van der Waals surface area contributed by atoms with Gasteiger partial charge in [0.05, 0.1) is 16.6 Å². The van der Waals surface area contributed by atoms with E-state index < -0.39 is 0 Å². The molecule has 0 unspecified atom stereocenters. The molecule has 0 radical (unpaired) electrons. The summed E-state index contributed by atoms with van der Waals surface area (Å²) >= 11 is 6.18. The minimum absolute atomic E-state index is 0.0242. The SMILES string of the molecule is Cc1ccc(NC(=O)[C@@H]2CC(=O)N(c3cccc(C)c3C)C2)c(Cl)c1. The number of hydrogen-bond donors (Lipinski definition) is 1. The van der Waals surface area contributed by atoms with Gasteiger partial charge in [-0.15, -0.1) is 0 Å². The van der Waals surface area contributed by atoms with Gasteiger partial charge in [0.1, 0.15) is 0 Å². The molecule has 1 aliphatic rings. The van der Waals surface area contributed by atoms with Crippen molar-refractivity contribution in [2.45, 2.75) is 27.2 Å². The molecule has 1 aliphatic heterocycles. The van der Waals surface area contributed by atoms with Crippen molar-refractivity contribution in [1.82, 2.24) is 0 Å². The Kier molecular flexibility index (Phi) is 4.82. The van der Waals surface area contributed by atoms with E-state index in [-0.39, 0.29) is 24.2 Å². The summed E-state index contributed by atoms with van der Waals surface area (Å²) in [6, 6.07) is 11.4. The summed E-state index contributed by atoms with van der Waals surface area (Å²) in [5.74, 6) is -0.583. The zero-order valence-electron chi connectivity index (χ0n) is 14.6. The molecule has 0 saturated carbocycles. The van der Waals surface area contributed by atoms with E-state index in [4.69, 9.17) is 11.6 Å². The molecule has 4 nitrogen and oxygen atoms in total. The van der Waals surface area contributed by atoms with Gasteiger partial charge in [-0.05, 0) is 55.7 Å². The fourth-order valence-corrected chi connectivity index (χ4v) is 3.38. The summed E-state index contributed by atoms with van der Waals surface area (Å²) in [7, 11) is 0. The van der Waals surface area contributed by atoms with E-state index in [0.717, 1.165) is 22.4 Å². The van der Waals surface area contributed by atoms with Crippen LogP contribution in [0.4, 0.5) is 11.4 Å². The summed E-state index contributed by atoms with van der Waals surface area (Å²) < 4.78 is 0. The number of hydrogen-bond acceptors (Lipinski definition) is 2. The van der Waals surface area contributed by atoms with Crippen LogP contribution in [0.25, 0.3) is 0 Å². The average molecular weight is 357 g/mol. The highest BCUT2D eigenvalue weighted by molar-refractivity contribution is 6.33. The monoisotopic (exact) mass is 356 g/mol. The topological polar surface area (TPSA) is 49.4 Å². The van der Waals surface area contributed by atoms with Crippen molar-refractivity contribution in [1.29, 1.82) is 0 Å². The van der Waals surface area contributed by atoms with Crippen LogP contribution in [0.5, 0.6) is 0 Å². The van der Waals surface area contributed by atoms with E-state index >= 15 is 0 Å². The number of amides is 2. The third-order valence-electron chi connectivity index (χ3n) is 4.75. The number of rotatable bonds is 3. The predicted molar refractivity (Wildman–Crippen MR) is 101 cm³/mol. The fourth-order valence-electron chi connectivity index (χ4n) is 3.10. The second-order valence-corrected chi connectivity index (χ2v) is 7.00. The summed E-state index contributed by atoms with van der Waals surface area (Å²) in [6.07, 6.45) is 0.211. The van der Waals surface area contributed by atoms with Crippen LogP contribution in [0.1, 0.15) is 23.1 Å². The van der Waals surface area contributed by atoms with Crippen molar-refractivity contribution in [3.05, 3.63) is 58.1 Å². The van der Waals surface area contributed by atoms with Gasteiger partial charge in [-0.1, -0.05) is 29.8 Å². The lowest BCUT2D eigenvalue weighted by Gasteiger charge is -2.20. The zero-order chi connectivity index (χ0) is 18.1. The third kappa shape index (κ3) is 3.54. The number of nitrogens with zero attached hydrogens (tertiary/aromatic N) is 1. The lowest BCUT2D eigenvalue weighted by atomic mass is 10.1. The molecule has 2 aromatic carbocycles. The summed E-state index contributed by atoms with van der Waals surface area (Å²) in [5, 5.41) is 3.35. The molecule has 25 heavy (non-hydrogen) atoms. The molecular formula is C20H21ClN2O2. The van der Waals surface area contributed by atoms with Crippen LogP contribution in [0.15, 0.2) is 36.4 Å². The number of benzene rings is 2. The molecule has 0 aliphatic carbocycles. The lowest BCUT2D eigenvalue weighted by Crippen LogP contribution is -2.28. The Morgan fingerprint density at radius 2 is 1.96 bits per heavy atom. The molecule has 3 rings (SSSR count). The first kappa shape index (κ1) is 17.5. The van der Waals surface area contributed by atoms with Crippen LogP contribution < -0.4 is 10.2 Å². The maximum Gasteiger partial charge on any atom is 0.229 e. The average Bonchev–Trinajstić information content (AvgIpc) is 2.94. The second kappa shape index (κ2) is 6.89. The van der Waals surface area contributed by atoms with Crippen LogP contribution in [0.2, 0.25) is 5.02 Å². The number of aryl methyl sites for hydroxylation is 2. The first-order valence-electron chi connectivity index (χ1n) is 8.30. The minimum atomic E-state index is -0.384. The molecule has 0 spiro atoms. The standard InChI is InChI=1S/C20H21ClN2O2/c1-12-7-8-17(16(21)9-12)22-20(25)15-10-19(24)23(11-15)18-6-4-5-13(2)14(18)3/h4-9,15H,10-11H2,1-3H3,(H,22,25)/t15-/m1/s1. The summed E-state index contributed by atoms with van der Waals surface area (Å²) in [4.78, 5) is 26.7. The Balaban J connectivity index is 1.75. The van der Waals surface area contributed by atoms with Crippen molar-refractivity contribution < 1.29 is 9.59 Å². The van der Waals surface area contributed by atoms with E-state index in [1.807, 2.05) is 45.0 Å². The summed E-state index contributed by atoms with van der Waals surface area (Å²) in [6.45, 7) is 6.34. The Morgan fingerprint density at radius 3 is 2.68 bits per heavy atom. The van der Waals surface area contributed by atoms with Gasteiger partial charge in [-0.2, -0.15) is 0 Å². The quantitative estimate of drug-likeness (QED) is 0.893. The number of carbonyl (C=O) groups is 2. The highest BCUT2D eigenvalue weighted by Gasteiger charge is 2.35. The molecule has 1 N–H and O–H groups in total. The van der Waals surface area contributed by atoms with Gasteiger partial charge in [0.2, 0.25) is 11.8 Å². The smallest absolute Gasteiger partial charge is 0.229 e. The van der Waals surface area contributed by atoms with E-state index in [2.05, 4.69) is 5.32 Å². The summed E-state index contributed by atoms with van der Waals surface area (Å²) in [5.41, 5.74) is 4.69. The fraction of sp³-hybridized carbons (Fsp3) is 0.300. The number of carbonyl (C=O) groups excluding carboxylic acids is 2. The number of anilines is 2. The van der Waals surface area contributed by atoms with Crippen molar-refractivity contribution in [2.24, 2.45) is 5.92 Å². The van der Waals surface area contributed by atoms with E-state index in [9.17, 15) is 9.59 Å². The molecule has 1 atom stereocenters. The van der Waals surface area contributed by atoms with Crippen LogP contribution in [-0.2, 0) is 9.59 Å². The molecule has 1 fully saturated rings. The van der Waals surface area contributed by atoms with Crippen LogP contribution in [0, 0.1) is 26.7 Å². The van der Waals surface area contributed by atoms with Gasteiger partial charge in [-0.3, -0.25) is 9.59 Å². The molecule has 2 amide bonds. The van der Waals surface area contributed by atoms with Crippen LogP contribution in [-0.4, -0.2) is 18.4 Å². The molecule has 2 aromatic rings. The van der Waals surface area contributed by atoms with Gasteiger partial charge in [0.15, 0.2) is 0 Å². The Hall–Kier alpha value is -2.33. The van der Waals surface area contributed by atoms with Gasteiger partial charge >= 0.3 is 0 Å². The van der Waals surface area contributed by atoms with E-state index in [0.29, 0.717) is 17.3 Å². The predicted octanol–water partition coefficient (Wildman–Crippen LogP) is 4.26. The largest absolute Gasteiger partial charge is 0.324 e. The maximum absolute atomic E-state index is 12.6.